The average molecular weight is 297 g/mol. The van der Waals surface area contributed by atoms with Gasteiger partial charge in [0, 0.05) is 24.4 Å². The second-order valence-electron chi connectivity index (χ2n) is 5.27. The largest absolute Gasteiger partial charge is 0.469 e. The molecule has 5 nitrogen and oxygen atoms in total. The zero-order chi connectivity index (χ0) is 14.4. The maximum absolute atomic E-state index is 11.1. The highest BCUT2D eigenvalue weighted by atomic mass is 32.1. The number of hydrogen-bond acceptors (Lipinski definition) is 6. The Balaban J connectivity index is 1.75. The molecule has 1 aliphatic heterocycles. The third-order valence-electron chi connectivity index (χ3n) is 3.47. The van der Waals surface area contributed by atoms with Crippen molar-refractivity contribution in [1.29, 1.82) is 0 Å². The predicted octanol–water partition coefficient (Wildman–Crippen LogP) is 2.14. The molecule has 112 valence electrons. The standard InChI is InChI=1S/C14H23N3O2S/c1-11(9-17-7-3-4-8-17)15-14-16-12(10-20-14)5-6-13(18)19-2/h10-11H,3-9H2,1-2H3,(H,15,16). The summed E-state index contributed by atoms with van der Waals surface area (Å²) in [6.07, 6.45) is 3.68. The Morgan fingerprint density at radius 2 is 2.30 bits per heavy atom. The van der Waals surface area contributed by atoms with Crippen LogP contribution in [0.3, 0.4) is 0 Å². The van der Waals surface area contributed by atoms with Gasteiger partial charge < -0.3 is 15.0 Å². The number of aromatic nitrogens is 1. The third kappa shape index (κ3) is 4.76. The van der Waals surface area contributed by atoms with Crippen molar-refractivity contribution >= 4 is 22.4 Å². The first-order valence-electron chi connectivity index (χ1n) is 7.17. The van der Waals surface area contributed by atoms with Crippen LogP contribution in [0.4, 0.5) is 5.13 Å². The Morgan fingerprint density at radius 3 is 3.00 bits per heavy atom. The van der Waals surface area contributed by atoms with Crippen molar-refractivity contribution in [1.82, 2.24) is 9.88 Å². The third-order valence-corrected chi connectivity index (χ3v) is 4.29. The second kappa shape index (κ2) is 7.59. The number of thiazole rings is 1. The van der Waals surface area contributed by atoms with E-state index in [2.05, 4.69) is 26.9 Å². The highest BCUT2D eigenvalue weighted by Gasteiger charge is 2.15. The van der Waals surface area contributed by atoms with Gasteiger partial charge in [-0.1, -0.05) is 0 Å². The fourth-order valence-corrected chi connectivity index (χ4v) is 3.29. The quantitative estimate of drug-likeness (QED) is 0.782. The van der Waals surface area contributed by atoms with E-state index in [-0.39, 0.29) is 5.97 Å². The Hall–Kier alpha value is -1.14. The summed E-state index contributed by atoms with van der Waals surface area (Å²) in [5, 5.41) is 6.39. The maximum atomic E-state index is 11.1. The minimum absolute atomic E-state index is 0.185. The van der Waals surface area contributed by atoms with Crippen LogP contribution in [0.1, 0.15) is 31.9 Å². The van der Waals surface area contributed by atoms with Crippen LogP contribution in [0, 0.1) is 0 Å². The van der Waals surface area contributed by atoms with Gasteiger partial charge in [0.05, 0.1) is 19.2 Å². The molecule has 0 saturated carbocycles. The lowest BCUT2D eigenvalue weighted by atomic mass is 10.2. The van der Waals surface area contributed by atoms with Crippen molar-refractivity contribution in [3.63, 3.8) is 0 Å². The molecule has 6 heteroatoms. The van der Waals surface area contributed by atoms with E-state index in [4.69, 9.17) is 0 Å². The number of esters is 1. The van der Waals surface area contributed by atoms with Gasteiger partial charge in [0.2, 0.25) is 0 Å². The van der Waals surface area contributed by atoms with Gasteiger partial charge in [-0.15, -0.1) is 11.3 Å². The topological polar surface area (TPSA) is 54.5 Å². The number of nitrogens with zero attached hydrogens (tertiary/aromatic N) is 2. The molecule has 1 atom stereocenters. The highest BCUT2D eigenvalue weighted by molar-refractivity contribution is 7.13. The summed E-state index contributed by atoms with van der Waals surface area (Å²) in [4.78, 5) is 18.1. The average Bonchev–Trinajstić information content (AvgIpc) is 3.07. The van der Waals surface area contributed by atoms with Crippen LogP contribution in [-0.2, 0) is 16.0 Å². The fourth-order valence-electron chi connectivity index (χ4n) is 2.43. The van der Waals surface area contributed by atoms with Crippen molar-refractivity contribution in [3.05, 3.63) is 11.1 Å². The molecule has 0 amide bonds. The van der Waals surface area contributed by atoms with E-state index in [0.29, 0.717) is 18.9 Å². The Kier molecular flexibility index (Phi) is 5.79. The van der Waals surface area contributed by atoms with Crippen LogP contribution in [0.2, 0.25) is 0 Å². The SMILES string of the molecule is COC(=O)CCc1csc(NC(C)CN2CCCC2)n1. The first-order valence-corrected chi connectivity index (χ1v) is 8.05. The van der Waals surface area contributed by atoms with E-state index in [1.165, 1.54) is 33.0 Å². The number of anilines is 1. The van der Waals surface area contributed by atoms with Gasteiger partial charge in [0.1, 0.15) is 0 Å². The molecule has 1 fully saturated rings. The highest BCUT2D eigenvalue weighted by Crippen LogP contribution is 2.18. The van der Waals surface area contributed by atoms with Gasteiger partial charge in [0.15, 0.2) is 5.13 Å². The monoisotopic (exact) mass is 297 g/mol. The first kappa shape index (κ1) is 15.3. The number of nitrogens with one attached hydrogen (secondary N) is 1. The van der Waals surface area contributed by atoms with Crippen molar-refractivity contribution in [3.8, 4) is 0 Å². The number of rotatable bonds is 7. The number of carbonyl (C=O) groups is 1. The lowest BCUT2D eigenvalue weighted by Crippen LogP contribution is -2.32. The summed E-state index contributed by atoms with van der Waals surface area (Å²) in [5.74, 6) is -0.185. The van der Waals surface area contributed by atoms with E-state index < -0.39 is 0 Å². The van der Waals surface area contributed by atoms with E-state index in [0.717, 1.165) is 17.4 Å². The molecule has 0 radical (unpaired) electrons. The van der Waals surface area contributed by atoms with Crippen LogP contribution < -0.4 is 5.32 Å². The Bertz CT molecular complexity index is 430. The van der Waals surface area contributed by atoms with Crippen LogP contribution >= 0.6 is 11.3 Å². The molecule has 20 heavy (non-hydrogen) atoms. The van der Waals surface area contributed by atoms with E-state index in [1.807, 2.05) is 5.38 Å². The molecular formula is C14H23N3O2S. The number of likely N-dealkylation sites (tertiary alicyclic amines) is 1. The summed E-state index contributed by atoms with van der Waals surface area (Å²) in [6, 6.07) is 0.396. The number of aryl methyl sites for hydroxylation is 1. The molecule has 1 N–H and O–H groups in total. The molecule has 1 aromatic rings. The van der Waals surface area contributed by atoms with Crippen molar-refractivity contribution < 1.29 is 9.53 Å². The normalized spacial score (nSPS) is 17.1. The molecule has 0 aliphatic carbocycles. The Morgan fingerprint density at radius 1 is 1.55 bits per heavy atom. The molecule has 0 aromatic carbocycles. The fraction of sp³-hybridized carbons (Fsp3) is 0.714. The van der Waals surface area contributed by atoms with Crippen LogP contribution in [0.15, 0.2) is 5.38 Å². The van der Waals surface area contributed by atoms with E-state index in [1.54, 1.807) is 11.3 Å². The number of methoxy groups -OCH3 is 1. The minimum Gasteiger partial charge on any atom is -0.469 e. The zero-order valence-electron chi connectivity index (χ0n) is 12.2. The number of hydrogen-bond donors (Lipinski definition) is 1. The molecule has 2 rings (SSSR count). The molecule has 0 bridgehead atoms. The minimum atomic E-state index is -0.185. The molecule has 1 saturated heterocycles. The molecule has 2 heterocycles. The number of carbonyl (C=O) groups excluding carboxylic acids is 1. The van der Waals surface area contributed by atoms with Gasteiger partial charge >= 0.3 is 5.97 Å². The first-order chi connectivity index (χ1) is 9.67. The zero-order valence-corrected chi connectivity index (χ0v) is 13.0. The Labute approximate surface area is 124 Å². The smallest absolute Gasteiger partial charge is 0.305 e. The summed E-state index contributed by atoms with van der Waals surface area (Å²) in [6.45, 7) is 5.69. The molecular weight excluding hydrogens is 274 g/mol. The van der Waals surface area contributed by atoms with Crippen LogP contribution in [-0.4, -0.2) is 48.6 Å². The van der Waals surface area contributed by atoms with Crippen molar-refractivity contribution in [2.24, 2.45) is 0 Å². The number of ether oxygens (including phenoxy) is 1. The lowest BCUT2D eigenvalue weighted by molar-refractivity contribution is -0.140. The lowest BCUT2D eigenvalue weighted by Gasteiger charge is -2.20. The molecule has 1 aromatic heterocycles. The van der Waals surface area contributed by atoms with Crippen molar-refractivity contribution in [2.45, 2.75) is 38.6 Å². The van der Waals surface area contributed by atoms with Gasteiger partial charge in [0.25, 0.3) is 0 Å². The van der Waals surface area contributed by atoms with Gasteiger partial charge in [-0.05, 0) is 32.9 Å². The summed E-state index contributed by atoms with van der Waals surface area (Å²) in [5.41, 5.74) is 0.955. The van der Waals surface area contributed by atoms with Crippen LogP contribution in [0.5, 0.6) is 0 Å². The summed E-state index contributed by atoms with van der Waals surface area (Å²) < 4.78 is 4.63. The van der Waals surface area contributed by atoms with Gasteiger partial charge in [-0.25, -0.2) is 4.98 Å². The van der Waals surface area contributed by atoms with Crippen LogP contribution in [0.25, 0.3) is 0 Å². The summed E-state index contributed by atoms with van der Waals surface area (Å²) >= 11 is 1.60. The second-order valence-corrected chi connectivity index (χ2v) is 6.13. The van der Waals surface area contributed by atoms with Crippen molar-refractivity contribution in [2.75, 3.05) is 32.1 Å². The molecule has 1 unspecified atom stereocenters. The molecule has 1 aliphatic rings. The molecule has 0 spiro atoms. The van der Waals surface area contributed by atoms with Gasteiger partial charge in [-0.2, -0.15) is 0 Å². The van der Waals surface area contributed by atoms with Gasteiger partial charge in [-0.3, -0.25) is 4.79 Å². The summed E-state index contributed by atoms with van der Waals surface area (Å²) in [7, 11) is 1.41. The maximum Gasteiger partial charge on any atom is 0.305 e. The predicted molar refractivity (Wildman–Crippen MR) is 81.2 cm³/mol. The van der Waals surface area contributed by atoms with E-state index in [9.17, 15) is 4.79 Å². The van der Waals surface area contributed by atoms with E-state index >= 15 is 0 Å².